The van der Waals surface area contributed by atoms with Crippen molar-refractivity contribution in [1.29, 1.82) is 0 Å². The molecule has 0 unspecified atom stereocenters. The van der Waals surface area contributed by atoms with E-state index in [1.54, 1.807) is 0 Å². The molecule has 0 atom stereocenters. The first-order valence-corrected chi connectivity index (χ1v) is 17.3. The molecule has 0 spiro atoms. The minimum atomic E-state index is -1.74. The molecule has 1 aromatic heterocycles. The maximum Gasteiger partial charge on any atom is 0.143 e. The third kappa shape index (κ3) is 3.97. The molecule has 218 valence electrons. The molecule has 7 aromatic carbocycles. The van der Waals surface area contributed by atoms with E-state index in [-0.39, 0.29) is 0 Å². The topological polar surface area (TPSA) is 13.1 Å². The Labute approximate surface area is 270 Å². The molecule has 0 fully saturated rings. The second-order valence-electron chi connectivity index (χ2n) is 11.7. The summed E-state index contributed by atoms with van der Waals surface area (Å²) >= 11 is 0. The summed E-state index contributed by atoms with van der Waals surface area (Å²) in [6.07, 6.45) is 0. The van der Waals surface area contributed by atoms with E-state index in [0.717, 1.165) is 33.4 Å². The van der Waals surface area contributed by atoms with E-state index in [9.17, 15) is 0 Å². The van der Waals surface area contributed by atoms with Crippen molar-refractivity contribution in [3.05, 3.63) is 182 Å². The molecule has 1 aliphatic rings. The van der Waals surface area contributed by atoms with Crippen LogP contribution in [0, 0.1) is 0 Å². The Morgan fingerprint density at radius 1 is 0.348 bits per heavy atom. The van der Waals surface area contributed by atoms with Crippen LogP contribution in [0.3, 0.4) is 0 Å². The van der Waals surface area contributed by atoms with Gasteiger partial charge in [0.1, 0.15) is 11.5 Å². The first-order chi connectivity index (χ1) is 22.8. The molecule has 0 radical (unpaired) electrons. The lowest BCUT2D eigenvalue weighted by Gasteiger charge is -2.39. The largest absolute Gasteiger partial charge is 0.455 e. The van der Waals surface area contributed by atoms with Gasteiger partial charge in [-0.2, -0.15) is 0 Å². The lowest BCUT2D eigenvalue weighted by atomic mass is 9.96. The third-order valence-electron chi connectivity index (χ3n) is 9.13. The molecule has 0 aliphatic carbocycles. The summed E-state index contributed by atoms with van der Waals surface area (Å²) in [5.74, 6) is 1.82. The summed E-state index contributed by atoms with van der Waals surface area (Å²) in [5.41, 5.74) is 7.12. The third-order valence-corrected chi connectivity index (χ3v) is 13.1. The first-order valence-electron chi connectivity index (χ1n) is 15.7. The van der Waals surface area contributed by atoms with Crippen LogP contribution in [0.5, 0.6) is 0 Å². The summed E-state index contributed by atoms with van der Waals surface area (Å²) < 4.78 is 7.06. The smallest absolute Gasteiger partial charge is 0.143 e. The fraction of sp³-hybridized carbons (Fsp3) is 0. The summed E-state index contributed by atoms with van der Waals surface area (Å²) in [7, 11) is -1.74. The molecule has 2 heteroatoms. The van der Waals surface area contributed by atoms with Crippen LogP contribution in [-0.2, 0) is 0 Å². The lowest BCUT2D eigenvalue weighted by molar-refractivity contribution is 0.602. The van der Waals surface area contributed by atoms with Crippen molar-refractivity contribution < 1.29 is 4.42 Å². The highest BCUT2D eigenvalue weighted by molar-refractivity contribution is 8.34. The summed E-state index contributed by atoms with van der Waals surface area (Å²) in [4.78, 5) is 5.41. The minimum absolute atomic E-state index is 0.900. The minimum Gasteiger partial charge on any atom is -0.455 e. The zero-order chi connectivity index (χ0) is 30.5. The van der Waals surface area contributed by atoms with E-state index in [1.807, 2.05) is 0 Å². The van der Waals surface area contributed by atoms with Gasteiger partial charge in [0.05, 0.1) is 0 Å². The Bertz CT molecular complexity index is 2310. The Balaban J connectivity index is 1.32. The van der Waals surface area contributed by atoms with Gasteiger partial charge in [0.2, 0.25) is 0 Å². The second kappa shape index (κ2) is 10.8. The number of hydrogen-bond donors (Lipinski definition) is 0. The summed E-state index contributed by atoms with van der Waals surface area (Å²) in [6, 6.07) is 65.8. The van der Waals surface area contributed by atoms with Crippen LogP contribution in [-0.4, -0.2) is 0 Å². The van der Waals surface area contributed by atoms with Gasteiger partial charge in [0, 0.05) is 47.0 Å². The van der Waals surface area contributed by atoms with Crippen molar-refractivity contribution in [1.82, 2.24) is 0 Å². The maximum absolute atomic E-state index is 7.06. The fourth-order valence-corrected chi connectivity index (χ4v) is 11.4. The summed E-state index contributed by atoms with van der Waals surface area (Å²) in [6.45, 7) is 0. The van der Waals surface area contributed by atoms with E-state index in [2.05, 4.69) is 182 Å². The number of fused-ring (bicyclic) bond motifs is 4. The van der Waals surface area contributed by atoms with E-state index >= 15 is 0 Å². The van der Waals surface area contributed by atoms with E-state index in [1.165, 1.54) is 41.8 Å². The number of hydrogen-bond acceptors (Lipinski definition) is 1. The molecule has 1 aliphatic heterocycles. The zero-order valence-corrected chi connectivity index (χ0v) is 26.0. The predicted molar refractivity (Wildman–Crippen MR) is 191 cm³/mol. The maximum atomic E-state index is 7.06. The van der Waals surface area contributed by atoms with Crippen molar-refractivity contribution in [3.8, 4) is 44.9 Å². The quantitative estimate of drug-likeness (QED) is 0.190. The molecular weight excluding hydrogens is 577 g/mol. The van der Waals surface area contributed by atoms with Gasteiger partial charge in [-0.3, -0.25) is 0 Å². The Kier molecular flexibility index (Phi) is 6.29. The van der Waals surface area contributed by atoms with E-state index in [0.29, 0.717) is 0 Å². The van der Waals surface area contributed by atoms with Gasteiger partial charge in [-0.15, -0.1) is 10.0 Å². The van der Waals surface area contributed by atoms with Gasteiger partial charge in [0.15, 0.2) is 0 Å². The van der Waals surface area contributed by atoms with Crippen LogP contribution in [0.1, 0.15) is 0 Å². The van der Waals surface area contributed by atoms with Gasteiger partial charge < -0.3 is 4.42 Å². The molecule has 0 saturated carbocycles. The first kappa shape index (κ1) is 26.8. The fourth-order valence-electron chi connectivity index (χ4n) is 7.18. The molecule has 0 N–H and O–H groups in total. The van der Waals surface area contributed by atoms with Crippen molar-refractivity contribution in [2.24, 2.45) is 0 Å². The SMILES string of the molecule is c1ccc(-c2cccc(-c3oc(-c4cccc5c4-c4ccccc4S5(c4ccccc4)c4ccccc4)c4ccccc34)c2)cc1. The number of furan rings is 1. The highest BCUT2D eigenvalue weighted by atomic mass is 32.3. The molecule has 46 heavy (non-hydrogen) atoms. The highest BCUT2D eigenvalue weighted by Crippen LogP contribution is 2.80. The van der Waals surface area contributed by atoms with E-state index < -0.39 is 10.0 Å². The lowest BCUT2D eigenvalue weighted by Crippen LogP contribution is -2.01. The van der Waals surface area contributed by atoms with Crippen molar-refractivity contribution >= 4 is 20.8 Å². The second-order valence-corrected chi connectivity index (χ2v) is 14.7. The molecule has 2 heterocycles. The molecule has 9 rings (SSSR count). The average molecular weight is 607 g/mol. The number of rotatable bonds is 5. The average Bonchev–Trinajstić information content (AvgIpc) is 3.68. The van der Waals surface area contributed by atoms with Crippen LogP contribution in [0.15, 0.2) is 206 Å². The Morgan fingerprint density at radius 3 is 1.57 bits per heavy atom. The van der Waals surface area contributed by atoms with Crippen LogP contribution in [0.25, 0.3) is 55.7 Å². The molecule has 8 aromatic rings. The highest BCUT2D eigenvalue weighted by Gasteiger charge is 2.43. The predicted octanol–water partition coefficient (Wildman–Crippen LogP) is 12.8. The van der Waals surface area contributed by atoms with Crippen LogP contribution in [0.2, 0.25) is 0 Å². The van der Waals surface area contributed by atoms with Gasteiger partial charge in [-0.1, -0.05) is 140 Å². The standard InChI is InChI=1S/C44H30OS/c1-4-16-31(17-5-1)32-18-14-19-33(30-32)43-36-24-10-11-25-37(36)44(45-43)39-27-15-29-41-42(39)38-26-12-13-28-40(38)46(41,34-20-6-2-7-21-34)35-22-8-3-9-23-35/h1-30H. The van der Waals surface area contributed by atoms with Crippen molar-refractivity contribution in [2.45, 2.75) is 19.6 Å². The normalized spacial score (nSPS) is 13.7. The Morgan fingerprint density at radius 2 is 0.848 bits per heavy atom. The molecule has 0 amide bonds. The molecular formula is C44H30OS. The number of benzene rings is 7. The Hall–Kier alpha value is -5.57. The van der Waals surface area contributed by atoms with Crippen LogP contribution in [0.4, 0.5) is 0 Å². The van der Waals surface area contributed by atoms with Gasteiger partial charge >= 0.3 is 0 Å². The molecule has 0 saturated heterocycles. The van der Waals surface area contributed by atoms with Gasteiger partial charge in [0.25, 0.3) is 0 Å². The van der Waals surface area contributed by atoms with Crippen molar-refractivity contribution in [3.63, 3.8) is 0 Å². The monoisotopic (exact) mass is 606 g/mol. The molecule has 1 nitrogen and oxygen atoms in total. The zero-order valence-electron chi connectivity index (χ0n) is 25.1. The van der Waals surface area contributed by atoms with Crippen molar-refractivity contribution in [2.75, 3.05) is 0 Å². The van der Waals surface area contributed by atoms with Gasteiger partial charge in [-0.05, 0) is 59.2 Å². The van der Waals surface area contributed by atoms with E-state index in [4.69, 9.17) is 4.42 Å². The molecule has 0 bridgehead atoms. The van der Waals surface area contributed by atoms with Crippen LogP contribution < -0.4 is 0 Å². The van der Waals surface area contributed by atoms with Crippen LogP contribution >= 0.6 is 10.0 Å². The van der Waals surface area contributed by atoms with Gasteiger partial charge in [-0.25, -0.2) is 0 Å². The summed E-state index contributed by atoms with van der Waals surface area (Å²) in [5, 5.41) is 2.25.